The zero-order chi connectivity index (χ0) is 18.8. The topological polar surface area (TPSA) is 76.0 Å². The van der Waals surface area contributed by atoms with Crippen LogP contribution >= 0.6 is 0 Å². The second-order valence-corrected chi connectivity index (χ2v) is 6.91. The minimum absolute atomic E-state index is 0.0666. The number of H-pyrrole nitrogens is 1. The van der Waals surface area contributed by atoms with Gasteiger partial charge in [-0.05, 0) is 42.8 Å². The molecule has 1 unspecified atom stereocenters. The van der Waals surface area contributed by atoms with Gasteiger partial charge in [-0.25, -0.2) is 0 Å². The molecule has 1 fully saturated rings. The molecule has 1 aromatic heterocycles. The van der Waals surface area contributed by atoms with Crippen molar-refractivity contribution in [3.05, 3.63) is 65.4 Å². The van der Waals surface area contributed by atoms with Crippen molar-refractivity contribution in [3.8, 4) is 6.07 Å². The summed E-state index contributed by atoms with van der Waals surface area (Å²) in [5.41, 5.74) is 3.46. The summed E-state index contributed by atoms with van der Waals surface area (Å²) in [6, 6.07) is 15.8. The highest BCUT2D eigenvalue weighted by Crippen LogP contribution is 2.23. The van der Waals surface area contributed by atoms with E-state index in [0.29, 0.717) is 24.2 Å². The van der Waals surface area contributed by atoms with E-state index >= 15 is 0 Å². The minimum atomic E-state index is 0.0666. The third-order valence-electron chi connectivity index (χ3n) is 5.33. The molecule has 1 atom stereocenters. The fraction of sp³-hybridized carbons (Fsp3) is 0.286. The summed E-state index contributed by atoms with van der Waals surface area (Å²) < 4.78 is 0. The lowest BCUT2D eigenvalue weighted by atomic mass is 10.0. The maximum absolute atomic E-state index is 12.8. The zero-order valence-corrected chi connectivity index (χ0v) is 15.2. The van der Waals surface area contributed by atoms with Crippen LogP contribution in [0.5, 0.6) is 0 Å². The number of nitriles is 1. The third-order valence-corrected chi connectivity index (χ3v) is 5.33. The third kappa shape index (κ3) is 3.42. The molecule has 27 heavy (non-hydrogen) atoms. The Labute approximate surface area is 158 Å². The van der Waals surface area contributed by atoms with Crippen LogP contribution in [0.1, 0.15) is 34.5 Å². The maximum Gasteiger partial charge on any atom is 0.253 e. The van der Waals surface area contributed by atoms with Gasteiger partial charge in [-0.15, -0.1) is 0 Å². The molecule has 1 saturated heterocycles. The van der Waals surface area contributed by atoms with Crippen molar-refractivity contribution in [3.63, 3.8) is 0 Å². The highest BCUT2D eigenvalue weighted by atomic mass is 16.2. The summed E-state index contributed by atoms with van der Waals surface area (Å²) in [6.45, 7) is 5.19. The van der Waals surface area contributed by atoms with Gasteiger partial charge in [-0.3, -0.25) is 14.8 Å². The molecule has 136 valence electrons. The van der Waals surface area contributed by atoms with E-state index in [9.17, 15) is 4.79 Å². The predicted molar refractivity (Wildman–Crippen MR) is 103 cm³/mol. The molecule has 1 amide bonds. The molecule has 2 heterocycles. The SMILES string of the molecule is CC(c1cccc(C#N)c1)N1CCN(C(=O)c2ccc3[nH]ncc3c2)CC1. The first-order chi connectivity index (χ1) is 13.2. The van der Waals surface area contributed by atoms with Crippen molar-refractivity contribution in [2.45, 2.75) is 13.0 Å². The molecule has 1 aliphatic rings. The van der Waals surface area contributed by atoms with Crippen LogP contribution in [-0.4, -0.2) is 52.1 Å². The average Bonchev–Trinajstić information content (AvgIpc) is 3.20. The van der Waals surface area contributed by atoms with Gasteiger partial charge >= 0.3 is 0 Å². The Kier molecular flexibility index (Phi) is 4.61. The summed E-state index contributed by atoms with van der Waals surface area (Å²) in [7, 11) is 0. The summed E-state index contributed by atoms with van der Waals surface area (Å²) >= 11 is 0. The van der Waals surface area contributed by atoms with Gasteiger partial charge in [0.1, 0.15) is 0 Å². The minimum Gasteiger partial charge on any atom is -0.336 e. The van der Waals surface area contributed by atoms with Crippen molar-refractivity contribution >= 4 is 16.8 Å². The van der Waals surface area contributed by atoms with Crippen LogP contribution in [0.3, 0.4) is 0 Å². The van der Waals surface area contributed by atoms with Crippen molar-refractivity contribution in [1.82, 2.24) is 20.0 Å². The fourth-order valence-corrected chi connectivity index (χ4v) is 3.65. The predicted octanol–water partition coefficient (Wildman–Crippen LogP) is 2.95. The second kappa shape index (κ2) is 7.22. The molecule has 0 aliphatic carbocycles. The summed E-state index contributed by atoms with van der Waals surface area (Å²) in [4.78, 5) is 17.1. The number of aromatic nitrogens is 2. The Morgan fingerprint density at radius 2 is 2.00 bits per heavy atom. The Balaban J connectivity index is 1.42. The standard InChI is InChI=1S/C21H21N5O/c1-15(17-4-2-3-16(11-17)13-22)25-7-9-26(10-8-25)21(27)18-5-6-20-19(12-18)14-23-24-20/h2-6,11-12,14-15H,7-10H2,1H3,(H,23,24). The van der Waals surface area contributed by atoms with Gasteiger partial charge < -0.3 is 4.90 Å². The number of amides is 1. The number of aromatic amines is 1. The van der Waals surface area contributed by atoms with Gasteiger partial charge in [0.25, 0.3) is 5.91 Å². The van der Waals surface area contributed by atoms with E-state index in [2.05, 4.69) is 34.2 Å². The van der Waals surface area contributed by atoms with Crippen molar-refractivity contribution in [1.29, 1.82) is 5.26 Å². The molecule has 0 saturated carbocycles. The molecule has 4 rings (SSSR count). The molecule has 0 bridgehead atoms. The van der Waals surface area contributed by atoms with E-state index in [1.54, 1.807) is 6.20 Å². The highest BCUT2D eigenvalue weighted by Gasteiger charge is 2.25. The lowest BCUT2D eigenvalue weighted by Crippen LogP contribution is -2.49. The lowest BCUT2D eigenvalue weighted by molar-refractivity contribution is 0.0582. The first kappa shape index (κ1) is 17.3. The first-order valence-corrected chi connectivity index (χ1v) is 9.12. The van der Waals surface area contributed by atoms with E-state index in [-0.39, 0.29) is 11.9 Å². The molecule has 6 heteroatoms. The molecule has 6 nitrogen and oxygen atoms in total. The van der Waals surface area contributed by atoms with Crippen LogP contribution in [0, 0.1) is 11.3 Å². The number of carbonyl (C=O) groups excluding carboxylic acids is 1. The highest BCUT2D eigenvalue weighted by molar-refractivity contribution is 5.97. The molecule has 2 aromatic carbocycles. The quantitative estimate of drug-likeness (QED) is 0.780. The van der Waals surface area contributed by atoms with E-state index in [4.69, 9.17) is 5.26 Å². The van der Waals surface area contributed by atoms with E-state index in [0.717, 1.165) is 29.6 Å². The number of carbonyl (C=O) groups is 1. The normalized spacial score (nSPS) is 16.2. The molecule has 1 aliphatic heterocycles. The number of piperazine rings is 1. The number of fused-ring (bicyclic) bond motifs is 1. The summed E-state index contributed by atoms with van der Waals surface area (Å²) in [6.07, 6.45) is 1.74. The van der Waals surface area contributed by atoms with Crippen molar-refractivity contribution in [2.24, 2.45) is 0 Å². The van der Waals surface area contributed by atoms with E-state index in [1.165, 1.54) is 0 Å². The Hall–Kier alpha value is -3.17. The smallest absolute Gasteiger partial charge is 0.253 e. The van der Waals surface area contributed by atoms with Crippen LogP contribution in [-0.2, 0) is 0 Å². The number of nitrogens with one attached hydrogen (secondary N) is 1. The number of hydrogen-bond donors (Lipinski definition) is 1. The molecule has 0 radical (unpaired) electrons. The number of nitrogens with zero attached hydrogens (tertiary/aromatic N) is 4. The second-order valence-electron chi connectivity index (χ2n) is 6.91. The first-order valence-electron chi connectivity index (χ1n) is 9.12. The van der Waals surface area contributed by atoms with Gasteiger partial charge in [-0.1, -0.05) is 12.1 Å². The lowest BCUT2D eigenvalue weighted by Gasteiger charge is -2.38. The Morgan fingerprint density at radius 3 is 2.78 bits per heavy atom. The van der Waals surface area contributed by atoms with Crippen LogP contribution in [0.4, 0.5) is 0 Å². The molecular formula is C21H21N5O. The van der Waals surface area contributed by atoms with Gasteiger partial charge in [0.15, 0.2) is 0 Å². The van der Waals surface area contributed by atoms with Gasteiger partial charge in [-0.2, -0.15) is 10.4 Å². The molecule has 0 spiro atoms. The van der Waals surface area contributed by atoms with Gasteiger partial charge in [0.2, 0.25) is 0 Å². The summed E-state index contributed by atoms with van der Waals surface area (Å²) in [5.74, 6) is 0.0666. The zero-order valence-electron chi connectivity index (χ0n) is 15.2. The fourth-order valence-electron chi connectivity index (χ4n) is 3.65. The number of rotatable bonds is 3. The van der Waals surface area contributed by atoms with Crippen molar-refractivity contribution in [2.75, 3.05) is 26.2 Å². The Bertz CT molecular complexity index is 1010. The maximum atomic E-state index is 12.8. The van der Waals surface area contributed by atoms with Crippen LogP contribution in [0.2, 0.25) is 0 Å². The van der Waals surface area contributed by atoms with Crippen LogP contribution in [0.25, 0.3) is 10.9 Å². The Morgan fingerprint density at radius 1 is 1.19 bits per heavy atom. The number of benzene rings is 2. The molecule has 3 aromatic rings. The monoisotopic (exact) mass is 359 g/mol. The molecule has 1 N–H and O–H groups in total. The van der Waals surface area contributed by atoms with Gasteiger partial charge in [0, 0.05) is 43.2 Å². The van der Waals surface area contributed by atoms with E-state index in [1.807, 2.05) is 41.3 Å². The van der Waals surface area contributed by atoms with E-state index < -0.39 is 0 Å². The van der Waals surface area contributed by atoms with Gasteiger partial charge in [0.05, 0.1) is 23.3 Å². The molecular weight excluding hydrogens is 338 g/mol. The largest absolute Gasteiger partial charge is 0.336 e. The summed E-state index contributed by atoms with van der Waals surface area (Å²) in [5, 5.41) is 17.0. The average molecular weight is 359 g/mol. The number of hydrogen-bond acceptors (Lipinski definition) is 4. The van der Waals surface area contributed by atoms with Crippen LogP contribution < -0.4 is 0 Å². The van der Waals surface area contributed by atoms with Crippen LogP contribution in [0.15, 0.2) is 48.7 Å². The van der Waals surface area contributed by atoms with Crippen molar-refractivity contribution < 1.29 is 4.79 Å².